The molecule has 0 radical (unpaired) electrons. The minimum atomic E-state index is -0.474. The molecule has 0 N–H and O–H groups in total. The Bertz CT molecular complexity index is 1210. The lowest BCUT2D eigenvalue weighted by Crippen LogP contribution is -2.48. The molecule has 1 aliphatic carbocycles. The van der Waals surface area contributed by atoms with Crippen LogP contribution in [0.3, 0.4) is 0 Å². The maximum Gasteiger partial charge on any atom is 0.141 e. The van der Waals surface area contributed by atoms with E-state index in [-0.39, 0.29) is 28.9 Å². The third kappa shape index (κ3) is 3.91. The maximum atomic E-state index is 14.5. The zero-order valence-electron chi connectivity index (χ0n) is 19.0. The highest BCUT2D eigenvalue weighted by molar-refractivity contribution is 9.10. The second-order valence-electron chi connectivity index (χ2n) is 9.20. The first kappa shape index (κ1) is 23.9. The van der Waals surface area contributed by atoms with Gasteiger partial charge in [-0.15, -0.1) is 0 Å². The van der Waals surface area contributed by atoms with Crippen LogP contribution in [-0.4, -0.2) is 35.5 Å². The maximum absolute atomic E-state index is 14.5. The van der Waals surface area contributed by atoms with Crippen LogP contribution in [0.2, 0.25) is 5.02 Å². The fourth-order valence-corrected chi connectivity index (χ4v) is 6.64. The van der Waals surface area contributed by atoms with Gasteiger partial charge in [0.2, 0.25) is 0 Å². The number of aromatic nitrogens is 2. The van der Waals surface area contributed by atoms with Gasteiger partial charge in [-0.25, -0.2) is 13.8 Å². The minimum Gasteiger partial charge on any atom is -0.378 e. The molecular weight excluding hydrogens is 526 g/mol. The first-order valence-electron chi connectivity index (χ1n) is 11.4. The number of rotatable bonds is 6. The second kappa shape index (κ2) is 9.34. The molecule has 2 aliphatic rings. The summed E-state index contributed by atoms with van der Waals surface area (Å²) in [5.41, 5.74) is 3.45. The topological polar surface area (TPSA) is 36.3 Å². The zero-order valence-corrected chi connectivity index (χ0v) is 21.4. The standard InChI is InChI=1S/C26H26BrClF2N2O2/c1-33-23(12-21-24-17(4-6-20(30)25(24)27)22-13-31-14-32(21)22)26(34-2)9-7-15(8-10-26)16-3-5-19(29)18(28)11-16/h3-6,11,13-15,21,23H,7-10,12H2,1-2H3. The molecule has 0 spiro atoms. The summed E-state index contributed by atoms with van der Waals surface area (Å²) >= 11 is 9.50. The minimum absolute atomic E-state index is 0.122. The van der Waals surface area contributed by atoms with Gasteiger partial charge in [-0.2, -0.15) is 0 Å². The van der Waals surface area contributed by atoms with Gasteiger partial charge in [-0.3, -0.25) is 0 Å². The van der Waals surface area contributed by atoms with Crippen molar-refractivity contribution in [3.63, 3.8) is 0 Å². The molecule has 180 valence electrons. The smallest absolute Gasteiger partial charge is 0.141 e. The number of imidazole rings is 1. The molecule has 2 aromatic carbocycles. The highest BCUT2D eigenvalue weighted by atomic mass is 79.9. The predicted molar refractivity (Wildman–Crippen MR) is 131 cm³/mol. The molecule has 2 atom stereocenters. The zero-order chi connectivity index (χ0) is 24.0. The van der Waals surface area contributed by atoms with Crippen molar-refractivity contribution >= 4 is 27.5 Å². The first-order chi connectivity index (χ1) is 16.4. The summed E-state index contributed by atoms with van der Waals surface area (Å²) in [4.78, 5) is 4.33. The molecule has 1 saturated carbocycles. The van der Waals surface area contributed by atoms with Crippen molar-refractivity contribution < 1.29 is 18.3 Å². The van der Waals surface area contributed by atoms with Crippen LogP contribution in [0.4, 0.5) is 8.78 Å². The summed E-state index contributed by atoms with van der Waals surface area (Å²) in [6, 6.07) is 8.17. The Morgan fingerprint density at radius 3 is 2.59 bits per heavy atom. The van der Waals surface area contributed by atoms with Crippen LogP contribution in [0, 0.1) is 11.6 Å². The Labute approximate surface area is 211 Å². The largest absolute Gasteiger partial charge is 0.378 e. The predicted octanol–water partition coefficient (Wildman–Crippen LogP) is 7.30. The molecule has 1 aromatic heterocycles. The van der Waals surface area contributed by atoms with E-state index in [0.717, 1.165) is 48.1 Å². The second-order valence-corrected chi connectivity index (χ2v) is 10.4. The van der Waals surface area contributed by atoms with Gasteiger partial charge in [0, 0.05) is 31.8 Å². The summed E-state index contributed by atoms with van der Waals surface area (Å²) < 4.78 is 42.9. The Morgan fingerprint density at radius 2 is 1.91 bits per heavy atom. The van der Waals surface area contributed by atoms with E-state index in [4.69, 9.17) is 21.1 Å². The number of halogens is 4. The van der Waals surface area contributed by atoms with Crippen molar-refractivity contribution in [1.29, 1.82) is 0 Å². The van der Waals surface area contributed by atoms with Gasteiger partial charge in [-0.05, 0) is 77.4 Å². The van der Waals surface area contributed by atoms with Gasteiger partial charge >= 0.3 is 0 Å². The van der Waals surface area contributed by atoms with E-state index in [1.165, 1.54) is 12.1 Å². The molecule has 2 unspecified atom stereocenters. The van der Waals surface area contributed by atoms with E-state index in [2.05, 4.69) is 25.5 Å². The molecule has 0 saturated heterocycles. The number of benzene rings is 2. The summed E-state index contributed by atoms with van der Waals surface area (Å²) in [7, 11) is 3.45. The highest BCUT2D eigenvalue weighted by Crippen LogP contribution is 2.49. The Hall–Kier alpha value is -1.80. The lowest BCUT2D eigenvalue weighted by Gasteiger charge is -2.44. The average molecular weight is 552 g/mol. The molecule has 34 heavy (non-hydrogen) atoms. The molecule has 4 nitrogen and oxygen atoms in total. The molecular formula is C26H26BrClF2N2O2. The van der Waals surface area contributed by atoms with Crippen LogP contribution in [-0.2, 0) is 9.47 Å². The van der Waals surface area contributed by atoms with E-state index >= 15 is 0 Å². The molecule has 2 heterocycles. The van der Waals surface area contributed by atoms with Crippen LogP contribution >= 0.6 is 27.5 Å². The van der Waals surface area contributed by atoms with Gasteiger partial charge in [0.1, 0.15) is 11.6 Å². The van der Waals surface area contributed by atoms with E-state index in [1.54, 1.807) is 26.6 Å². The number of nitrogens with zero attached hydrogens (tertiary/aromatic N) is 2. The number of fused-ring (bicyclic) bond motifs is 3. The van der Waals surface area contributed by atoms with Crippen LogP contribution in [0.1, 0.15) is 55.2 Å². The Morgan fingerprint density at radius 1 is 1.18 bits per heavy atom. The van der Waals surface area contributed by atoms with Crippen LogP contribution in [0.15, 0.2) is 47.3 Å². The molecule has 5 rings (SSSR count). The van der Waals surface area contributed by atoms with Crippen molar-refractivity contribution in [2.75, 3.05) is 14.2 Å². The molecule has 0 amide bonds. The lowest BCUT2D eigenvalue weighted by molar-refractivity contribution is -0.142. The van der Waals surface area contributed by atoms with E-state index < -0.39 is 11.4 Å². The number of methoxy groups -OCH3 is 2. The van der Waals surface area contributed by atoms with Crippen LogP contribution in [0.5, 0.6) is 0 Å². The highest BCUT2D eigenvalue weighted by Gasteiger charge is 2.45. The molecule has 0 bridgehead atoms. The van der Waals surface area contributed by atoms with Gasteiger partial charge in [0.15, 0.2) is 0 Å². The van der Waals surface area contributed by atoms with Crippen molar-refractivity contribution in [2.24, 2.45) is 0 Å². The summed E-state index contributed by atoms with van der Waals surface area (Å²) in [6.07, 6.45) is 7.37. The summed E-state index contributed by atoms with van der Waals surface area (Å²) in [5.74, 6) is -0.392. The monoisotopic (exact) mass is 550 g/mol. The van der Waals surface area contributed by atoms with E-state index in [1.807, 2.05) is 18.3 Å². The first-order valence-corrected chi connectivity index (χ1v) is 12.6. The fraction of sp³-hybridized carbons (Fsp3) is 0.423. The lowest BCUT2D eigenvalue weighted by atomic mass is 9.72. The Balaban J connectivity index is 1.40. The van der Waals surface area contributed by atoms with Crippen molar-refractivity contribution in [3.05, 3.63) is 75.1 Å². The van der Waals surface area contributed by atoms with Crippen LogP contribution in [0.25, 0.3) is 11.3 Å². The number of ether oxygens (including phenoxy) is 2. The van der Waals surface area contributed by atoms with Crippen molar-refractivity contribution in [3.8, 4) is 11.3 Å². The third-order valence-electron chi connectivity index (χ3n) is 7.71. The molecule has 1 fully saturated rings. The molecule has 1 aliphatic heterocycles. The Kier molecular flexibility index (Phi) is 6.57. The van der Waals surface area contributed by atoms with Gasteiger partial charge in [0.25, 0.3) is 0 Å². The van der Waals surface area contributed by atoms with E-state index in [0.29, 0.717) is 10.9 Å². The quantitative estimate of drug-likeness (QED) is 0.323. The molecule has 3 aromatic rings. The fourth-order valence-electron chi connectivity index (χ4n) is 5.84. The normalized spacial score (nSPS) is 24.6. The van der Waals surface area contributed by atoms with Crippen molar-refractivity contribution in [1.82, 2.24) is 9.55 Å². The summed E-state index contributed by atoms with van der Waals surface area (Å²) in [6.45, 7) is 0. The van der Waals surface area contributed by atoms with Gasteiger partial charge < -0.3 is 14.0 Å². The number of hydrogen-bond acceptors (Lipinski definition) is 3. The summed E-state index contributed by atoms with van der Waals surface area (Å²) in [5, 5.41) is 0.157. The van der Waals surface area contributed by atoms with Crippen molar-refractivity contribution in [2.45, 2.75) is 55.8 Å². The SMILES string of the molecule is COC(CC1c2c(ccc(F)c2Br)-c2cncn21)C1(OC)CCC(c2ccc(F)c(Cl)c2)CC1. The van der Waals surface area contributed by atoms with E-state index in [9.17, 15) is 8.78 Å². The van der Waals surface area contributed by atoms with Gasteiger partial charge in [0.05, 0.1) is 45.5 Å². The molecule has 8 heteroatoms. The number of hydrogen-bond donors (Lipinski definition) is 0. The third-order valence-corrected chi connectivity index (χ3v) is 8.80. The van der Waals surface area contributed by atoms with Crippen LogP contribution < -0.4 is 0 Å². The van der Waals surface area contributed by atoms with Gasteiger partial charge in [-0.1, -0.05) is 17.7 Å². The average Bonchev–Trinajstić information content (AvgIpc) is 3.43.